The smallest absolute Gasteiger partial charge is 0.248 e. The largest absolute Gasteiger partial charge is 0.390 e. The molecule has 0 bridgehead atoms. The summed E-state index contributed by atoms with van der Waals surface area (Å²) in [6.45, 7) is 4.49. The van der Waals surface area contributed by atoms with E-state index in [1.165, 1.54) is 10.5 Å². The van der Waals surface area contributed by atoms with Gasteiger partial charge in [0.05, 0.1) is 12.6 Å². The van der Waals surface area contributed by atoms with Crippen LogP contribution in [0.25, 0.3) is 11.4 Å². The molecule has 1 saturated heterocycles. The highest BCUT2D eigenvalue weighted by atomic mass is 16.3. The Morgan fingerprint density at radius 1 is 1.00 bits per heavy atom. The van der Waals surface area contributed by atoms with Crippen molar-refractivity contribution in [3.05, 3.63) is 60.2 Å². The van der Waals surface area contributed by atoms with Crippen molar-refractivity contribution in [1.82, 2.24) is 25.1 Å². The number of hydrogen-bond donors (Lipinski definition) is 2. The number of rotatable bonds is 7. The van der Waals surface area contributed by atoms with E-state index in [1.807, 2.05) is 6.07 Å². The van der Waals surface area contributed by atoms with Gasteiger partial charge in [-0.3, -0.25) is 9.69 Å². The van der Waals surface area contributed by atoms with Crippen molar-refractivity contribution < 1.29 is 9.90 Å². The minimum atomic E-state index is -0.590. The number of aliphatic hydroxyl groups is 1. The van der Waals surface area contributed by atoms with Gasteiger partial charge in [-0.05, 0) is 29.5 Å². The number of tetrazole rings is 1. The molecule has 1 fully saturated rings. The van der Waals surface area contributed by atoms with Crippen LogP contribution >= 0.6 is 0 Å². The Balaban J connectivity index is 1.28. The fourth-order valence-corrected chi connectivity index (χ4v) is 3.59. The Morgan fingerprint density at radius 3 is 2.37 bits per heavy atom. The zero-order valence-electron chi connectivity index (χ0n) is 16.6. The van der Waals surface area contributed by atoms with Gasteiger partial charge in [0.2, 0.25) is 11.7 Å². The molecule has 4 rings (SSSR count). The first-order valence-electron chi connectivity index (χ1n) is 9.97. The fraction of sp³-hybridized carbons (Fsp3) is 0.333. The van der Waals surface area contributed by atoms with Gasteiger partial charge in [-0.15, -0.1) is 10.2 Å². The lowest BCUT2D eigenvalue weighted by Gasteiger charge is -2.36. The molecule has 1 aliphatic heterocycles. The zero-order valence-corrected chi connectivity index (χ0v) is 16.6. The molecule has 1 atom stereocenters. The number of hydrogen-bond acceptors (Lipinski definition) is 7. The molecule has 0 saturated carbocycles. The van der Waals surface area contributed by atoms with Crippen LogP contribution in [-0.2, 0) is 6.54 Å². The molecule has 0 radical (unpaired) electrons. The van der Waals surface area contributed by atoms with Gasteiger partial charge in [-0.25, -0.2) is 0 Å². The molecule has 30 heavy (non-hydrogen) atoms. The van der Waals surface area contributed by atoms with Gasteiger partial charge in [-0.1, -0.05) is 30.3 Å². The van der Waals surface area contributed by atoms with Gasteiger partial charge in [0, 0.05) is 49.5 Å². The van der Waals surface area contributed by atoms with Gasteiger partial charge < -0.3 is 15.7 Å². The van der Waals surface area contributed by atoms with E-state index in [-0.39, 0.29) is 6.54 Å². The van der Waals surface area contributed by atoms with Gasteiger partial charge in [-0.2, -0.15) is 4.80 Å². The first-order valence-corrected chi connectivity index (χ1v) is 9.97. The average Bonchev–Trinajstić information content (AvgIpc) is 3.23. The summed E-state index contributed by atoms with van der Waals surface area (Å²) in [6.07, 6.45) is -0.590. The molecule has 2 heterocycles. The van der Waals surface area contributed by atoms with Crippen LogP contribution in [0.15, 0.2) is 54.6 Å². The SMILES string of the molecule is NC(=O)c1ccc(-c2nnn(C[C@H](O)CN3CCN(c4ccccc4)CC3)n2)cc1. The quantitative estimate of drug-likeness (QED) is 0.590. The molecule has 1 aromatic heterocycles. The molecule has 0 aliphatic carbocycles. The number of benzene rings is 2. The van der Waals surface area contributed by atoms with E-state index in [0.29, 0.717) is 17.9 Å². The molecule has 1 amide bonds. The predicted molar refractivity (Wildman–Crippen MR) is 113 cm³/mol. The second-order valence-corrected chi connectivity index (χ2v) is 7.39. The van der Waals surface area contributed by atoms with Crippen LogP contribution in [0, 0.1) is 0 Å². The topological polar surface area (TPSA) is 113 Å². The van der Waals surface area contributed by atoms with Crippen LogP contribution in [0.3, 0.4) is 0 Å². The molecule has 0 unspecified atom stereocenters. The molecule has 9 heteroatoms. The number of aromatic nitrogens is 4. The second-order valence-electron chi connectivity index (χ2n) is 7.39. The normalized spacial score (nSPS) is 15.8. The number of carbonyl (C=O) groups excluding carboxylic acids is 1. The Labute approximate surface area is 174 Å². The summed E-state index contributed by atoms with van der Waals surface area (Å²) < 4.78 is 0. The van der Waals surface area contributed by atoms with Gasteiger partial charge >= 0.3 is 0 Å². The minimum absolute atomic E-state index is 0.269. The van der Waals surface area contributed by atoms with Gasteiger partial charge in [0.25, 0.3) is 0 Å². The third-order valence-electron chi connectivity index (χ3n) is 5.22. The van der Waals surface area contributed by atoms with Crippen molar-refractivity contribution in [1.29, 1.82) is 0 Å². The van der Waals surface area contributed by atoms with Crippen molar-refractivity contribution in [2.24, 2.45) is 5.73 Å². The van der Waals surface area contributed by atoms with E-state index in [9.17, 15) is 9.90 Å². The van der Waals surface area contributed by atoms with Crippen LogP contribution in [0.5, 0.6) is 0 Å². The van der Waals surface area contributed by atoms with E-state index in [0.717, 1.165) is 31.7 Å². The summed E-state index contributed by atoms with van der Waals surface area (Å²) in [6, 6.07) is 17.1. The third-order valence-corrected chi connectivity index (χ3v) is 5.22. The Hall–Kier alpha value is -3.30. The molecular weight excluding hydrogens is 382 g/mol. The summed E-state index contributed by atoms with van der Waals surface area (Å²) in [5, 5.41) is 22.9. The number of para-hydroxylation sites is 1. The number of β-amino-alcohol motifs (C(OH)–C–C–N with tert-alkyl or cyclic N) is 1. The fourth-order valence-electron chi connectivity index (χ4n) is 3.59. The molecule has 0 spiro atoms. The van der Waals surface area contributed by atoms with E-state index >= 15 is 0 Å². The number of piperazine rings is 1. The molecule has 1 aliphatic rings. The zero-order chi connectivity index (χ0) is 20.9. The molecule has 3 aromatic rings. The van der Waals surface area contributed by atoms with Crippen LogP contribution in [-0.4, -0.2) is 74.9 Å². The van der Waals surface area contributed by atoms with E-state index in [2.05, 4.69) is 49.5 Å². The van der Waals surface area contributed by atoms with Gasteiger partial charge in [0.15, 0.2) is 0 Å². The lowest BCUT2D eigenvalue weighted by atomic mass is 10.1. The van der Waals surface area contributed by atoms with Crippen molar-refractivity contribution >= 4 is 11.6 Å². The maximum atomic E-state index is 11.2. The summed E-state index contributed by atoms with van der Waals surface area (Å²) in [5.41, 5.74) is 7.65. The molecule has 156 valence electrons. The second kappa shape index (κ2) is 9.02. The lowest BCUT2D eigenvalue weighted by Crippen LogP contribution is -2.49. The average molecular weight is 407 g/mol. The van der Waals surface area contributed by atoms with E-state index in [4.69, 9.17) is 5.73 Å². The van der Waals surface area contributed by atoms with E-state index < -0.39 is 12.0 Å². The first kappa shape index (κ1) is 20.0. The van der Waals surface area contributed by atoms with E-state index in [1.54, 1.807) is 24.3 Å². The Morgan fingerprint density at radius 2 is 1.70 bits per heavy atom. The lowest BCUT2D eigenvalue weighted by molar-refractivity contribution is 0.0879. The number of carbonyl (C=O) groups is 1. The number of anilines is 1. The number of aliphatic hydroxyl groups excluding tert-OH is 1. The third kappa shape index (κ3) is 4.81. The predicted octanol–water partition coefficient (Wildman–Crippen LogP) is 0.622. The van der Waals surface area contributed by atoms with Crippen molar-refractivity contribution in [3.8, 4) is 11.4 Å². The minimum Gasteiger partial charge on any atom is -0.390 e. The Kier molecular flexibility index (Phi) is 6.01. The summed E-state index contributed by atoms with van der Waals surface area (Å²) >= 11 is 0. The van der Waals surface area contributed by atoms with Crippen LogP contribution in [0.1, 0.15) is 10.4 Å². The molecule has 3 N–H and O–H groups in total. The van der Waals surface area contributed by atoms with Gasteiger partial charge in [0.1, 0.15) is 0 Å². The number of primary amides is 1. The maximum Gasteiger partial charge on any atom is 0.248 e. The molecule has 2 aromatic carbocycles. The Bertz CT molecular complexity index is 967. The number of nitrogens with two attached hydrogens (primary N) is 1. The monoisotopic (exact) mass is 407 g/mol. The van der Waals surface area contributed by atoms with Crippen LogP contribution in [0.4, 0.5) is 5.69 Å². The van der Waals surface area contributed by atoms with Crippen molar-refractivity contribution in [2.45, 2.75) is 12.6 Å². The summed E-state index contributed by atoms with van der Waals surface area (Å²) in [5.74, 6) is -0.0411. The summed E-state index contributed by atoms with van der Waals surface area (Å²) in [4.78, 5) is 17.2. The number of amides is 1. The van der Waals surface area contributed by atoms with Crippen molar-refractivity contribution in [3.63, 3.8) is 0 Å². The maximum absolute atomic E-state index is 11.2. The highest BCUT2D eigenvalue weighted by Gasteiger charge is 2.20. The summed E-state index contributed by atoms with van der Waals surface area (Å²) in [7, 11) is 0. The first-order chi connectivity index (χ1) is 14.6. The molecular formula is C21H25N7O2. The van der Waals surface area contributed by atoms with Crippen LogP contribution in [0.2, 0.25) is 0 Å². The van der Waals surface area contributed by atoms with Crippen molar-refractivity contribution in [2.75, 3.05) is 37.6 Å². The highest BCUT2D eigenvalue weighted by molar-refractivity contribution is 5.93. The standard InChI is InChI=1S/C21H25N7O2/c22-20(30)16-6-8-17(9-7-16)21-23-25-28(24-21)15-19(29)14-26-10-12-27(13-11-26)18-4-2-1-3-5-18/h1-9,19,29H,10-15H2,(H2,22,30)/t19-/m1/s1. The molecule has 9 nitrogen and oxygen atoms in total. The highest BCUT2D eigenvalue weighted by Crippen LogP contribution is 2.16. The number of nitrogens with zero attached hydrogens (tertiary/aromatic N) is 6. The van der Waals surface area contributed by atoms with Crippen LogP contribution < -0.4 is 10.6 Å².